The first-order valence-corrected chi connectivity index (χ1v) is 7.97. The predicted octanol–water partition coefficient (Wildman–Crippen LogP) is -0.714. The Labute approximate surface area is 109 Å². The minimum absolute atomic E-state index is 0.0177. The molecule has 0 aliphatic carbocycles. The molecule has 0 bridgehead atoms. The molecule has 0 aromatic heterocycles. The molecule has 0 radical (unpaired) electrons. The largest absolute Gasteiger partial charge is 0.354 e. The normalized spacial score (nSPS) is 25.1. The highest BCUT2D eigenvalue weighted by Gasteiger charge is 2.31. The maximum absolute atomic E-state index is 11.9. The minimum atomic E-state index is -3.27. The second kappa shape index (κ2) is 5.54. The van der Waals surface area contributed by atoms with Gasteiger partial charge in [0.25, 0.3) is 0 Å². The van der Waals surface area contributed by atoms with Crippen molar-refractivity contribution in [1.82, 2.24) is 15.4 Å². The highest BCUT2D eigenvalue weighted by atomic mass is 32.2. The van der Waals surface area contributed by atoms with Crippen LogP contribution in [0.4, 0.5) is 0 Å². The molecule has 0 saturated carbocycles. The molecular weight excluding hydrogens is 254 g/mol. The summed E-state index contributed by atoms with van der Waals surface area (Å²) in [6.07, 6.45) is 1.11. The van der Waals surface area contributed by atoms with E-state index in [0.29, 0.717) is 12.5 Å². The van der Waals surface area contributed by atoms with E-state index in [1.54, 1.807) is 13.8 Å². The highest BCUT2D eigenvalue weighted by Crippen LogP contribution is 2.15. The Morgan fingerprint density at radius 1 is 1.39 bits per heavy atom. The van der Waals surface area contributed by atoms with Gasteiger partial charge in [-0.05, 0) is 26.3 Å². The maximum Gasteiger partial charge on any atom is 0.224 e. The third kappa shape index (κ3) is 4.91. The van der Waals surface area contributed by atoms with Crippen LogP contribution in [0.15, 0.2) is 0 Å². The van der Waals surface area contributed by atoms with Crippen molar-refractivity contribution in [2.45, 2.75) is 26.3 Å². The fourth-order valence-corrected chi connectivity index (χ4v) is 3.21. The van der Waals surface area contributed by atoms with Crippen molar-refractivity contribution in [2.24, 2.45) is 11.8 Å². The quantitative estimate of drug-likeness (QED) is 0.619. The molecule has 1 amide bonds. The van der Waals surface area contributed by atoms with E-state index in [1.807, 2.05) is 6.92 Å². The maximum atomic E-state index is 11.9. The topological polar surface area (TPSA) is 87.3 Å². The zero-order valence-electron chi connectivity index (χ0n) is 11.4. The number of rotatable bonds is 5. The predicted molar refractivity (Wildman–Crippen MR) is 70.6 cm³/mol. The van der Waals surface area contributed by atoms with Gasteiger partial charge >= 0.3 is 0 Å². The molecular formula is C11H23N3O3S. The van der Waals surface area contributed by atoms with Gasteiger partial charge in [0.05, 0.1) is 12.2 Å². The number of hydrogen-bond acceptors (Lipinski definition) is 4. The first kappa shape index (κ1) is 15.4. The summed E-state index contributed by atoms with van der Waals surface area (Å²) in [5.41, 5.74) is -0.682. The molecule has 1 rings (SSSR count). The van der Waals surface area contributed by atoms with Gasteiger partial charge in [-0.15, -0.1) is 0 Å². The van der Waals surface area contributed by atoms with Gasteiger partial charge < -0.3 is 10.6 Å². The third-order valence-electron chi connectivity index (χ3n) is 3.02. The number of hydrogen-bond donors (Lipinski definition) is 3. The molecule has 0 aromatic rings. The minimum Gasteiger partial charge on any atom is -0.354 e. The lowest BCUT2D eigenvalue weighted by atomic mass is 9.97. The fourth-order valence-electron chi connectivity index (χ4n) is 2.14. The Balaban J connectivity index is 2.47. The van der Waals surface area contributed by atoms with Gasteiger partial charge in [0.2, 0.25) is 15.9 Å². The lowest BCUT2D eigenvalue weighted by Gasteiger charge is -2.26. The smallest absolute Gasteiger partial charge is 0.224 e. The Morgan fingerprint density at radius 3 is 2.44 bits per heavy atom. The lowest BCUT2D eigenvalue weighted by Crippen LogP contribution is -2.52. The van der Waals surface area contributed by atoms with E-state index in [0.717, 1.165) is 12.8 Å². The van der Waals surface area contributed by atoms with Gasteiger partial charge in [0, 0.05) is 18.6 Å². The lowest BCUT2D eigenvalue weighted by molar-refractivity contribution is -0.125. The van der Waals surface area contributed by atoms with Crippen molar-refractivity contribution in [3.8, 4) is 0 Å². The van der Waals surface area contributed by atoms with E-state index in [4.69, 9.17) is 0 Å². The summed E-state index contributed by atoms with van der Waals surface area (Å²) in [6, 6.07) is 0. The summed E-state index contributed by atoms with van der Waals surface area (Å²) in [7, 11) is -3.27. The number of amides is 1. The van der Waals surface area contributed by atoms with Crippen molar-refractivity contribution in [3.63, 3.8) is 0 Å². The van der Waals surface area contributed by atoms with Crippen LogP contribution in [-0.2, 0) is 14.8 Å². The summed E-state index contributed by atoms with van der Waals surface area (Å²) in [5.74, 6) is 0.269. The van der Waals surface area contributed by atoms with E-state index >= 15 is 0 Å². The van der Waals surface area contributed by atoms with E-state index in [9.17, 15) is 13.2 Å². The van der Waals surface area contributed by atoms with Crippen LogP contribution in [0.2, 0.25) is 0 Å². The van der Waals surface area contributed by atoms with E-state index < -0.39 is 15.6 Å². The fraction of sp³-hybridized carbons (Fsp3) is 0.909. The van der Waals surface area contributed by atoms with Gasteiger partial charge in [0.15, 0.2) is 0 Å². The van der Waals surface area contributed by atoms with Crippen LogP contribution in [0.5, 0.6) is 0 Å². The summed E-state index contributed by atoms with van der Waals surface area (Å²) in [4.78, 5) is 11.9. The third-order valence-corrected chi connectivity index (χ3v) is 3.94. The Bertz CT molecular complexity index is 406. The van der Waals surface area contributed by atoms with Crippen LogP contribution in [0, 0.1) is 11.8 Å². The summed E-state index contributed by atoms with van der Waals surface area (Å²) >= 11 is 0. The van der Waals surface area contributed by atoms with Crippen molar-refractivity contribution in [3.05, 3.63) is 0 Å². The molecule has 0 aromatic carbocycles. The average Bonchev–Trinajstić information content (AvgIpc) is 2.57. The van der Waals surface area contributed by atoms with Crippen molar-refractivity contribution in [2.75, 3.05) is 25.9 Å². The molecule has 0 spiro atoms. The van der Waals surface area contributed by atoms with Crippen LogP contribution in [0.3, 0.4) is 0 Å². The summed E-state index contributed by atoms with van der Waals surface area (Å²) in [6.45, 7) is 7.33. The van der Waals surface area contributed by atoms with E-state index in [2.05, 4.69) is 15.4 Å². The Morgan fingerprint density at radius 2 is 2.00 bits per heavy atom. The first-order valence-electron chi connectivity index (χ1n) is 6.08. The zero-order chi connectivity index (χ0) is 14.0. The van der Waals surface area contributed by atoms with Crippen LogP contribution < -0.4 is 15.4 Å². The molecule has 1 aliphatic heterocycles. The monoisotopic (exact) mass is 277 g/mol. The summed E-state index contributed by atoms with van der Waals surface area (Å²) in [5, 5.41) is 5.98. The molecule has 2 atom stereocenters. The van der Waals surface area contributed by atoms with Gasteiger partial charge in [-0.1, -0.05) is 6.92 Å². The molecule has 7 heteroatoms. The van der Waals surface area contributed by atoms with Crippen LogP contribution in [0.1, 0.15) is 20.8 Å². The Hall–Kier alpha value is -0.660. The van der Waals surface area contributed by atoms with Gasteiger partial charge in [0.1, 0.15) is 0 Å². The Kier molecular flexibility index (Phi) is 4.74. The number of nitrogens with one attached hydrogen (secondary N) is 3. The highest BCUT2D eigenvalue weighted by molar-refractivity contribution is 7.88. The second-order valence-corrected chi connectivity index (χ2v) is 7.47. The van der Waals surface area contributed by atoms with Gasteiger partial charge in [-0.25, -0.2) is 13.1 Å². The van der Waals surface area contributed by atoms with Crippen molar-refractivity contribution < 1.29 is 13.2 Å². The molecule has 3 N–H and O–H groups in total. The van der Waals surface area contributed by atoms with Crippen LogP contribution >= 0.6 is 0 Å². The van der Waals surface area contributed by atoms with Crippen molar-refractivity contribution in [1.29, 1.82) is 0 Å². The molecule has 1 heterocycles. The summed E-state index contributed by atoms with van der Waals surface area (Å²) < 4.78 is 24.8. The van der Waals surface area contributed by atoms with Crippen molar-refractivity contribution >= 4 is 15.9 Å². The van der Waals surface area contributed by atoms with Gasteiger partial charge in [-0.3, -0.25) is 4.79 Å². The second-order valence-electron chi connectivity index (χ2n) is 5.72. The van der Waals surface area contributed by atoms with Crippen LogP contribution in [-0.4, -0.2) is 45.8 Å². The molecule has 18 heavy (non-hydrogen) atoms. The number of sulfonamides is 1. The average molecular weight is 277 g/mol. The molecule has 1 saturated heterocycles. The molecule has 106 valence electrons. The molecule has 1 aliphatic rings. The SMILES string of the molecule is C[C@@H]1CNC[C@H]1C(=O)NCC(C)(C)NS(C)(=O)=O. The number of carbonyl (C=O) groups is 1. The zero-order valence-corrected chi connectivity index (χ0v) is 12.2. The van der Waals surface area contributed by atoms with E-state index in [-0.39, 0.29) is 18.4 Å². The first-order chi connectivity index (χ1) is 8.11. The molecule has 1 fully saturated rings. The molecule has 0 unspecified atom stereocenters. The van der Waals surface area contributed by atoms with E-state index in [1.165, 1.54) is 0 Å². The molecule has 6 nitrogen and oxygen atoms in total. The van der Waals surface area contributed by atoms with Crippen LogP contribution in [0.25, 0.3) is 0 Å². The van der Waals surface area contributed by atoms with Gasteiger partial charge in [-0.2, -0.15) is 0 Å². The number of carbonyl (C=O) groups excluding carboxylic acids is 1. The standard InChI is InChI=1S/C11H23N3O3S/c1-8-5-12-6-9(8)10(15)13-7-11(2,3)14-18(4,16)17/h8-9,12,14H,5-7H2,1-4H3,(H,13,15)/t8-,9-/m1/s1.